The zero-order chi connectivity index (χ0) is 14.3. The molecule has 19 heavy (non-hydrogen) atoms. The van der Waals surface area contributed by atoms with Gasteiger partial charge >= 0.3 is 0 Å². The van der Waals surface area contributed by atoms with Crippen molar-refractivity contribution in [2.24, 2.45) is 5.92 Å². The van der Waals surface area contributed by atoms with Crippen LogP contribution in [-0.2, 0) is 4.74 Å². The minimum absolute atomic E-state index is 0.101. The van der Waals surface area contributed by atoms with Crippen LogP contribution in [0.1, 0.15) is 79.6 Å². The summed E-state index contributed by atoms with van der Waals surface area (Å²) in [5, 5.41) is 3.61. The van der Waals surface area contributed by atoms with E-state index in [1.807, 2.05) is 0 Å². The molecule has 2 nitrogen and oxygen atoms in total. The molecule has 0 spiro atoms. The Morgan fingerprint density at radius 1 is 1.16 bits per heavy atom. The lowest BCUT2D eigenvalue weighted by atomic mass is 9.76. The Bertz CT molecular complexity index is 231. The van der Waals surface area contributed by atoms with Crippen LogP contribution < -0.4 is 5.32 Å². The van der Waals surface area contributed by atoms with Gasteiger partial charge in [0, 0.05) is 12.6 Å². The molecule has 0 saturated heterocycles. The van der Waals surface area contributed by atoms with E-state index in [4.69, 9.17) is 4.74 Å². The van der Waals surface area contributed by atoms with E-state index in [9.17, 15) is 0 Å². The average Bonchev–Trinajstić information content (AvgIpc) is 2.39. The van der Waals surface area contributed by atoms with Crippen molar-refractivity contribution in [1.29, 1.82) is 0 Å². The molecule has 0 radical (unpaired) electrons. The molecule has 0 aliphatic heterocycles. The summed E-state index contributed by atoms with van der Waals surface area (Å²) in [5.74, 6) is 0.942. The number of ether oxygens (including phenoxy) is 1. The summed E-state index contributed by atoms with van der Waals surface area (Å²) in [6.07, 6.45) is 9.40. The Labute approximate surface area is 120 Å². The Balaban J connectivity index is 2.56. The van der Waals surface area contributed by atoms with Crippen molar-refractivity contribution in [3.63, 3.8) is 0 Å². The van der Waals surface area contributed by atoms with E-state index in [0.29, 0.717) is 12.1 Å². The first kappa shape index (κ1) is 17.0. The van der Waals surface area contributed by atoms with Gasteiger partial charge in [-0.2, -0.15) is 0 Å². The summed E-state index contributed by atoms with van der Waals surface area (Å²) in [7, 11) is 0. The highest BCUT2D eigenvalue weighted by Crippen LogP contribution is 2.37. The molecule has 1 aliphatic rings. The van der Waals surface area contributed by atoms with E-state index in [-0.39, 0.29) is 5.60 Å². The zero-order valence-corrected chi connectivity index (χ0v) is 13.8. The lowest BCUT2D eigenvalue weighted by molar-refractivity contribution is -0.113. The van der Waals surface area contributed by atoms with Gasteiger partial charge in [-0.3, -0.25) is 0 Å². The monoisotopic (exact) mass is 269 g/mol. The lowest BCUT2D eigenvalue weighted by Gasteiger charge is -2.42. The Morgan fingerprint density at radius 3 is 2.26 bits per heavy atom. The Morgan fingerprint density at radius 2 is 1.79 bits per heavy atom. The van der Waals surface area contributed by atoms with Crippen LogP contribution in [0.2, 0.25) is 0 Å². The molecule has 0 amide bonds. The second-order valence-corrected chi connectivity index (χ2v) is 6.79. The second-order valence-electron chi connectivity index (χ2n) is 6.79. The molecule has 1 fully saturated rings. The van der Waals surface area contributed by atoms with Crippen LogP contribution in [0.15, 0.2) is 0 Å². The highest BCUT2D eigenvalue weighted by atomic mass is 16.5. The fourth-order valence-corrected chi connectivity index (χ4v) is 3.14. The number of nitrogens with one attached hydrogen (secondary N) is 1. The second kappa shape index (κ2) is 8.26. The quantitative estimate of drug-likeness (QED) is 0.699. The molecule has 1 unspecified atom stereocenters. The third-order valence-electron chi connectivity index (χ3n) is 4.57. The Hall–Kier alpha value is -0.0800. The van der Waals surface area contributed by atoms with Gasteiger partial charge in [-0.25, -0.2) is 0 Å². The lowest BCUT2D eigenvalue weighted by Crippen LogP contribution is -2.49. The van der Waals surface area contributed by atoms with Gasteiger partial charge < -0.3 is 10.1 Å². The predicted molar refractivity (Wildman–Crippen MR) is 83.6 cm³/mol. The first-order valence-corrected chi connectivity index (χ1v) is 8.42. The van der Waals surface area contributed by atoms with Gasteiger partial charge in [0.1, 0.15) is 0 Å². The molecule has 1 rings (SSSR count). The third-order valence-corrected chi connectivity index (χ3v) is 4.57. The highest BCUT2D eigenvalue weighted by molar-refractivity contribution is 4.90. The fraction of sp³-hybridized carbons (Fsp3) is 1.00. The fourth-order valence-electron chi connectivity index (χ4n) is 3.14. The van der Waals surface area contributed by atoms with E-state index >= 15 is 0 Å². The summed E-state index contributed by atoms with van der Waals surface area (Å²) in [5.41, 5.74) is 0.101. The molecule has 0 aromatic rings. The highest BCUT2D eigenvalue weighted by Gasteiger charge is 2.36. The van der Waals surface area contributed by atoms with Crippen LogP contribution in [0.3, 0.4) is 0 Å². The summed E-state index contributed by atoms with van der Waals surface area (Å²) < 4.78 is 6.44. The van der Waals surface area contributed by atoms with Gasteiger partial charge in [-0.05, 0) is 44.9 Å². The van der Waals surface area contributed by atoms with Crippen molar-refractivity contribution in [1.82, 2.24) is 5.32 Å². The van der Waals surface area contributed by atoms with Crippen molar-refractivity contribution in [3.8, 4) is 0 Å². The van der Waals surface area contributed by atoms with Crippen LogP contribution in [0, 0.1) is 5.92 Å². The van der Waals surface area contributed by atoms with E-state index < -0.39 is 0 Å². The summed E-state index contributed by atoms with van der Waals surface area (Å²) in [6.45, 7) is 12.2. The molecule has 0 aromatic heterocycles. The maximum atomic E-state index is 6.44. The summed E-state index contributed by atoms with van der Waals surface area (Å²) in [4.78, 5) is 0. The maximum Gasteiger partial charge on any atom is 0.0810 e. The molecule has 1 atom stereocenters. The van der Waals surface area contributed by atoms with Crippen LogP contribution in [0.5, 0.6) is 0 Å². The van der Waals surface area contributed by atoms with Crippen molar-refractivity contribution < 1.29 is 4.74 Å². The normalized spacial score (nSPS) is 29.7. The van der Waals surface area contributed by atoms with E-state index in [2.05, 4.69) is 39.9 Å². The topological polar surface area (TPSA) is 21.3 Å². The molecule has 114 valence electrons. The largest absolute Gasteiger partial charge is 0.371 e. The molecule has 0 bridgehead atoms. The van der Waals surface area contributed by atoms with Crippen molar-refractivity contribution >= 4 is 0 Å². The minimum atomic E-state index is 0.101. The van der Waals surface area contributed by atoms with Crippen molar-refractivity contribution in [3.05, 3.63) is 0 Å². The number of hydrogen-bond donors (Lipinski definition) is 1. The van der Waals surface area contributed by atoms with Gasteiger partial charge in [0.15, 0.2) is 0 Å². The Kier molecular flexibility index (Phi) is 7.38. The van der Waals surface area contributed by atoms with Crippen LogP contribution in [-0.4, -0.2) is 24.3 Å². The van der Waals surface area contributed by atoms with Crippen LogP contribution >= 0.6 is 0 Å². The van der Waals surface area contributed by atoms with E-state index in [0.717, 1.165) is 18.9 Å². The molecule has 1 N–H and O–H groups in total. The SMILES string of the molecule is CCCC1CCC(CNC(C)C)(OC(C)CC)CC1. The first-order chi connectivity index (χ1) is 9.01. The third kappa shape index (κ3) is 5.83. The number of hydrogen-bond acceptors (Lipinski definition) is 2. The van der Waals surface area contributed by atoms with Crippen LogP contribution in [0.4, 0.5) is 0 Å². The van der Waals surface area contributed by atoms with Gasteiger partial charge in [-0.1, -0.05) is 40.5 Å². The molecule has 2 heteroatoms. The van der Waals surface area contributed by atoms with Crippen LogP contribution in [0.25, 0.3) is 0 Å². The molecule has 0 heterocycles. The summed E-state index contributed by atoms with van der Waals surface area (Å²) in [6, 6.07) is 0.547. The molecule has 1 aliphatic carbocycles. The first-order valence-electron chi connectivity index (χ1n) is 8.42. The standard InChI is InChI=1S/C17H35NO/c1-6-8-16-9-11-17(12-10-16,13-18-14(3)4)19-15(5)7-2/h14-16,18H,6-13H2,1-5H3. The minimum Gasteiger partial charge on any atom is -0.371 e. The van der Waals surface area contributed by atoms with Gasteiger partial charge in [0.05, 0.1) is 11.7 Å². The zero-order valence-electron chi connectivity index (χ0n) is 13.8. The molecular formula is C17H35NO. The average molecular weight is 269 g/mol. The number of rotatable bonds is 8. The smallest absolute Gasteiger partial charge is 0.0810 e. The van der Waals surface area contributed by atoms with Crippen molar-refractivity contribution in [2.75, 3.05) is 6.54 Å². The van der Waals surface area contributed by atoms with E-state index in [1.54, 1.807) is 0 Å². The van der Waals surface area contributed by atoms with Gasteiger partial charge in [0.25, 0.3) is 0 Å². The summed E-state index contributed by atoms with van der Waals surface area (Å²) >= 11 is 0. The predicted octanol–water partition coefficient (Wildman–Crippen LogP) is 4.53. The molecule has 0 aromatic carbocycles. The van der Waals surface area contributed by atoms with E-state index in [1.165, 1.54) is 38.5 Å². The van der Waals surface area contributed by atoms with Gasteiger partial charge in [0.2, 0.25) is 0 Å². The molecular weight excluding hydrogens is 234 g/mol. The van der Waals surface area contributed by atoms with Gasteiger partial charge in [-0.15, -0.1) is 0 Å². The van der Waals surface area contributed by atoms with Crippen molar-refractivity contribution in [2.45, 2.75) is 97.3 Å². The maximum absolute atomic E-state index is 6.44. The molecule has 1 saturated carbocycles.